The summed E-state index contributed by atoms with van der Waals surface area (Å²) in [6, 6.07) is 12.1. The predicted octanol–water partition coefficient (Wildman–Crippen LogP) is 4.17. The minimum atomic E-state index is -0.808. The van der Waals surface area contributed by atoms with Crippen molar-refractivity contribution in [2.45, 2.75) is 45.4 Å². The monoisotopic (exact) mass is 554 g/mol. The third-order valence-corrected chi connectivity index (χ3v) is 7.25. The molecule has 4 aromatic rings. The van der Waals surface area contributed by atoms with Gasteiger partial charge in [0.15, 0.2) is 11.5 Å². The van der Waals surface area contributed by atoms with Crippen LogP contribution in [0.2, 0.25) is 0 Å². The van der Waals surface area contributed by atoms with E-state index in [4.69, 9.17) is 9.47 Å². The Morgan fingerprint density at radius 1 is 1.05 bits per heavy atom. The average molecular weight is 555 g/mol. The highest BCUT2D eigenvalue weighted by Gasteiger charge is 2.34. The van der Waals surface area contributed by atoms with Crippen LogP contribution in [0.4, 0.5) is 0 Å². The Labute approximate surface area is 229 Å². The fourth-order valence-corrected chi connectivity index (χ4v) is 5.35. The van der Waals surface area contributed by atoms with E-state index >= 15 is 0 Å². The van der Waals surface area contributed by atoms with Gasteiger partial charge in [-0.05, 0) is 67.1 Å². The number of thiophene rings is 2. The molecule has 3 aromatic heterocycles. The van der Waals surface area contributed by atoms with Crippen molar-refractivity contribution >= 4 is 34.5 Å². The molecule has 0 spiro atoms. The molecule has 200 valence electrons. The van der Waals surface area contributed by atoms with Crippen LogP contribution in [0.3, 0.4) is 0 Å². The van der Waals surface area contributed by atoms with E-state index in [1.54, 1.807) is 37.3 Å². The van der Waals surface area contributed by atoms with Crippen molar-refractivity contribution in [1.29, 1.82) is 0 Å². The van der Waals surface area contributed by atoms with Crippen molar-refractivity contribution in [1.82, 2.24) is 30.4 Å². The quantitative estimate of drug-likeness (QED) is 0.313. The van der Waals surface area contributed by atoms with E-state index in [0.717, 1.165) is 9.75 Å². The SMILES string of the molecule is COc1ccc(-c2nnn(CC(=O)N(Cc3cccs3)[C@@H](C(=O)NC(C)(C)C)c3cccs3)n2)cc1OC. The molecule has 0 saturated carbocycles. The van der Waals surface area contributed by atoms with Crippen LogP contribution in [0.1, 0.15) is 36.6 Å². The number of amides is 2. The average Bonchev–Trinajstić information content (AvgIpc) is 3.66. The molecule has 0 fully saturated rings. The molecular formula is C26H30N6O4S2. The van der Waals surface area contributed by atoms with Crippen LogP contribution >= 0.6 is 22.7 Å². The number of carbonyl (C=O) groups excluding carboxylic acids is 2. The van der Waals surface area contributed by atoms with Crippen LogP contribution in [0.25, 0.3) is 11.4 Å². The number of tetrazole rings is 1. The number of ether oxygens (including phenoxy) is 2. The zero-order valence-corrected chi connectivity index (χ0v) is 23.5. The number of hydrogen-bond donors (Lipinski definition) is 1. The van der Waals surface area contributed by atoms with Crippen LogP contribution < -0.4 is 14.8 Å². The number of carbonyl (C=O) groups is 2. The Bertz CT molecular complexity index is 1360. The molecule has 1 N–H and O–H groups in total. The third-order valence-electron chi connectivity index (χ3n) is 5.47. The van der Waals surface area contributed by atoms with Crippen molar-refractivity contribution in [3.63, 3.8) is 0 Å². The minimum absolute atomic E-state index is 0.184. The van der Waals surface area contributed by atoms with Gasteiger partial charge in [0.1, 0.15) is 12.6 Å². The highest BCUT2D eigenvalue weighted by Crippen LogP contribution is 2.31. The van der Waals surface area contributed by atoms with Gasteiger partial charge in [-0.2, -0.15) is 4.80 Å². The Morgan fingerprint density at radius 3 is 2.42 bits per heavy atom. The molecule has 4 rings (SSSR count). The summed E-state index contributed by atoms with van der Waals surface area (Å²) < 4.78 is 10.7. The fraction of sp³-hybridized carbons (Fsp3) is 0.346. The smallest absolute Gasteiger partial charge is 0.248 e. The second-order valence-corrected chi connectivity index (χ2v) is 11.5. The maximum absolute atomic E-state index is 13.8. The Hall–Kier alpha value is -3.77. The predicted molar refractivity (Wildman–Crippen MR) is 146 cm³/mol. The summed E-state index contributed by atoms with van der Waals surface area (Å²) in [4.78, 5) is 31.8. The van der Waals surface area contributed by atoms with Gasteiger partial charge in [-0.25, -0.2) is 0 Å². The van der Waals surface area contributed by atoms with E-state index in [0.29, 0.717) is 22.9 Å². The molecule has 0 aliphatic carbocycles. The van der Waals surface area contributed by atoms with Crippen LogP contribution in [0, 0.1) is 0 Å². The normalized spacial score (nSPS) is 12.1. The molecule has 0 aliphatic heterocycles. The first-order valence-electron chi connectivity index (χ1n) is 11.9. The lowest BCUT2D eigenvalue weighted by molar-refractivity contribution is -0.142. The largest absolute Gasteiger partial charge is 0.493 e. The fourth-order valence-electron chi connectivity index (χ4n) is 3.82. The summed E-state index contributed by atoms with van der Waals surface area (Å²) >= 11 is 2.96. The number of hydrogen-bond acceptors (Lipinski definition) is 9. The van der Waals surface area contributed by atoms with Crippen LogP contribution in [0.5, 0.6) is 11.5 Å². The summed E-state index contributed by atoms with van der Waals surface area (Å²) in [5, 5.41) is 19.5. The molecular weight excluding hydrogens is 524 g/mol. The number of aromatic nitrogens is 4. The first kappa shape index (κ1) is 27.3. The molecule has 2 amide bonds. The first-order valence-corrected chi connectivity index (χ1v) is 13.6. The van der Waals surface area contributed by atoms with Gasteiger partial charge in [0.05, 0.1) is 20.8 Å². The summed E-state index contributed by atoms with van der Waals surface area (Å²) in [5.74, 6) is 0.891. The van der Waals surface area contributed by atoms with Crippen molar-refractivity contribution in [2.24, 2.45) is 0 Å². The van der Waals surface area contributed by atoms with E-state index in [1.165, 1.54) is 27.5 Å². The molecule has 38 heavy (non-hydrogen) atoms. The van der Waals surface area contributed by atoms with Gasteiger partial charge in [-0.3, -0.25) is 9.59 Å². The molecule has 1 atom stereocenters. The van der Waals surface area contributed by atoms with Crippen LogP contribution in [-0.4, -0.2) is 56.7 Å². The van der Waals surface area contributed by atoms with Gasteiger partial charge in [0, 0.05) is 20.9 Å². The number of benzene rings is 1. The molecule has 0 bridgehead atoms. The minimum Gasteiger partial charge on any atom is -0.493 e. The highest BCUT2D eigenvalue weighted by atomic mass is 32.1. The lowest BCUT2D eigenvalue weighted by Crippen LogP contribution is -2.49. The molecule has 0 radical (unpaired) electrons. The van der Waals surface area contributed by atoms with Gasteiger partial charge in [0.2, 0.25) is 17.6 Å². The Balaban J connectivity index is 1.62. The molecule has 0 unspecified atom stereocenters. The van der Waals surface area contributed by atoms with E-state index in [9.17, 15) is 9.59 Å². The van der Waals surface area contributed by atoms with Crippen LogP contribution in [-0.2, 0) is 22.7 Å². The van der Waals surface area contributed by atoms with Gasteiger partial charge in [-0.15, -0.1) is 32.9 Å². The van der Waals surface area contributed by atoms with E-state index in [-0.39, 0.29) is 24.9 Å². The summed E-state index contributed by atoms with van der Waals surface area (Å²) in [7, 11) is 3.11. The second kappa shape index (κ2) is 11.7. The second-order valence-electron chi connectivity index (χ2n) is 9.47. The summed E-state index contributed by atoms with van der Waals surface area (Å²) in [6.45, 7) is 5.83. The highest BCUT2D eigenvalue weighted by molar-refractivity contribution is 7.10. The Morgan fingerprint density at radius 2 is 1.79 bits per heavy atom. The van der Waals surface area contributed by atoms with Gasteiger partial charge >= 0.3 is 0 Å². The van der Waals surface area contributed by atoms with Gasteiger partial charge in [0.25, 0.3) is 0 Å². The van der Waals surface area contributed by atoms with E-state index in [2.05, 4.69) is 20.7 Å². The molecule has 10 nitrogen and oxygen atoms in total. The van der Waals surface area contributed by atoms with Crippen molar-refractivity contribution in [3.05, 3.63) is 63.0 Å². The maximum Gasteiger partial charge on any atom is 0.248 e. The summed E-state index contributed by atoms with van der Waals surface area (Å²) in [5.41, 5.74) is 0.198. The number of nitrogens with one attached hydrogen (secondary N) is 1. The first-order chi connectivity index (χ1) is 18.2. The molecule has 0 aliphatic rings. The molecule has 0 saturated heterocycles. The number of methoxy groups -OCH3 is 2. The zero-order chi connectivity index (χ0) is 27.3. The van der Waals surface area contributed by atoms with Crippen LogP contribution in [0.15, 0.2) is 53.2 Å². The van der Waals surface area contributed by atoms with E-state index in [1.807, 2.05) is 55.8 Å². The lowest BCUT2D eigenvalue weighted by Gasteiger charge is -2.32. The Kier molecular flexibility index (Phi) is 8.42. The summed E-state index contributed by atoms with van der Waals surface area (Å²) in [6.07, 6.45) is 0. The van der Waals surface area contributed by atoms with Crippen molar-refractivity contribution in [3.8, 4) is 22.9 Å². The maximum atomic E-state index is 13.8. The molecule has 1 aromatic carbocycles. The zero-order valence-electron chi connectivity index (χ0n) is 21.9. The third kappa shape index (κ3) is 6.56. The lowest BCUT2D eigenvalue weighted by atomic mass is 10.1. The van der Waals surface area contributed by atoms with Crippen molar-refractivity contribution < 1.29 is 19.1 Å². The van der Waals surface area contributed by atoms with Gasteiger partial charge < -0.3 is 19.7 Å². The number of rotatable bonds is 10. The topological polar surface area (TPSA) is 111 Å². The van der Waals surface area contributed by atoms with E-state index < -0.39 is 11.6 Å². The molecule has 12 heteroatoms. The molecule has 3 heterocycles. The number of nitrogens with zero attached hydrogens (tertiary/aromatic N) is 5. The standard InChI is InChI=1S/C26H30N6O4S2/c1-26(2,3)27-25(34)23(21-9-7-13-38-21)31(15-18-8-6-12-37-18)22(33)16-32-29-24(28-30-32)17-10-11-19(35-4)20(14-17)36-5/h6-14,23H,15-16H2,1-5H3,(H,27,34)/t23-/m1/s1. The van der Waals surface area contributed by atoms with Gasteiger partial charge in [-0.1, -0.05) is 12.1 Å². The van der Waals surface area contributed by atoms with Crippen molar-refractivity contribution in [2.75, 3.05) is 14.2 Å².